The summed E-state index contributed by atoms with van der Waals surface area (Å²) < 4.78 is 44.6. The lowest BCUT2D eigenvalue weighted by Crippen LogP contribution is -2.29. The van der Waals surface area contributed by atoms with Crippen molar-refractivity contribution in [2.45, 2.75) is 39.0 Å². The summed E-state index contributed by atoms with van der Waals surface area (Å²) in [5.74, 6) is -3.22. The summed E-state index contributed by atoms with van der Waals surface area (Å²) in [6, 6.07) is 12.1. The Bertz CT molecular complexity index is 1290. The average molecular weight is 500 g/mol. The molecule has 9 heteroatoms. The first-order valence-electron chi connectivity index (χ1n) is 11.3. The highest BCUT2D eigenvalue weighted by Gasteiger charge is 2.27. The molecule has 36 heavy (non-hydrogen) atoms. The third kappa shape index (κ3) is 6.42. The molecule has 1 atom stereocenters. The van der Waals surface area contributed by atoms with E-state index in [1.165, 1.54) is 31.0 Å². The lowest BCUT2D eigenvalue weighted by atomic mass is 10.0. The first kappa shape index (κ1) is 26.7. The fraction of sp³-hybridized carbons (Fsp3) is 0.296. The summed E-state index contributed by atoms with van der Waals surface area (Å²) >= 11 is 0. The van der Waals surface area contributed by atoms with E-state index in [1.54, 1.807) is 31.2 Å². The summed E-state index contributed by atoms with van der Waals surface area (Å²) in [4.78, 5) is 39.2. The van der Waals surface area contributed by atoms with Crippen LogP contribution in [0.5, 0.6) is 5.75 Å². The van der Waals surface area contributed by atoms with E-state index in [1.807, 2.05) is 6.07 Å². The highest BCUT2D eigenvalue weighted by atomic mass is 19.1. The topological polar surface area (TPSA) is 83.8 Å². The number of rotatable bonds is 11. The molecule has 1 unspecified atom stereocenters. The number of benzene rings is 2. The molecule has 190 valence electrons. The number of methoxy groups -OCH3 is 2. The molecule has 0 aliphatic carbocycles. The van der Waals surface area contributed by atoms with Gasteiger partial charge >= 0.3 is 5.97 Å². The number of Topliss-reactive ketones (excluding diaryl/α,β-unsaturated/α-hetero) is 1. The van der Waals surface area contributed by atoms with Crippen molar-refractivity contribution in [2.24, 2.45) is 0 Å². The standard InChI is InChI=1S/C27H27F2NO6/c1-17(34-2)14-30-15-21(23(31)12-10-19-9-11-20(28)13-22(19)29)25(32)26(24(30)27(33)35-3)36-16-18-7-5-4-6-8-18/h4-9,11,13,15,17H,10,12,14,16H2,1-3H3. The van der Waals surface area contributed by atoms with Crippen LogP contribution in [0.25, 0.3) is 0 Å². The number of ketones is 1. The molecule has 0 aliphatic heterocycles. The molecule has 3 rings (SSSR count). The summed E-state index contributed by atoms with van der Waals surface area (Å²) in [7, 11) is 2.66. The van der Waals surface area contributed by atoms with Gasteiger partial charge in [0.2, 0.25) is 5.43 Å². The van der Waals surface area contributed by atoms with Crippen LogP contribution >= 0.6 is 0 Å². The summed E-state index contributed by atoms with van der Waals surface area (Å²) in [6.07, 6.45) is 0.627. The molecule has 1 heterocycles. The summed E-state index contributed by atoms with van der Waals surface area (Å²) in [6.45, 7) is 1.84. The predicted octanol–water partition coefficient (Wildman–Crippen LogP) is 4.34. The monoisotopic (exact) mass is 499 g/mol. The number of esters is 1. The molecule has 3 aromatic rings. The lowest BCUT2D eigenvalue weighted by molar-refractivity contribution is 0.0567. The molecular formula is C27H27F2NO6. The number of aryl methyl sites for hydroxylation is 1. The van der Waals surface area contributed by atoms with Crippen LogP contribution in [0.3, 0.4) is 0 Å². The van der Waals surface area contributed by atoms with Crippen LogP contribution in [-0.2, 0) is 29.0 Å². The van der Waals surface area contributed by atoms with Crippen molar-refractivity contribution in [2.75, 3.05) is 14.2 Å². The van der Waals surface area contributed by atoms with Gasteiger partial charge in [-0.2, -0.15) is 0 Å². The van der Waals surface area contributed by atoms with Crippen LogP contribution in [-0.4, -0.2) is 36.6 Å². The SMILES string of the molecule is COC(=O)c1c(OCc2ccccc2)c(=O)c(C(=O)CCc2ccc(F)cc2F)cn1CC(C)OC. The molecule has 0 spiro atoms. The van der Waals surface area contributed by atoms with Gasteiger partial charge < -0.3 is 18.8 Å². The first-order valence-corrected chi connectivity index (χ1v) is 11.3. The minimum Gasteiger partial charge on any atom is -0.482 e. The minimum atomic E-state index is -0.814. The molecule has 0 fully saturated rings. The number of nitrogens with zero attached hydrogens (tertiary/aromatic N) is 1. The maximum absolute atomic E-state index is 14.0. The fourth-order valence-corrected chi connectivity index (χ4v) is 3.61. The molecule has 0 aliphatic rings. The van der Waals surface area contributed by atoms with Crippen LogP contribution in [0.4, 0.5) is 8.78 Å². The molecular weight excluding hydrogens is 472 g/mol. The average Bonchev–Trinajstić information content (AvgIpc) is 2.87. The van der Waals surface area contributed by atoms with E-state index in [0.29, 0.717) is 0 Å². The third-order valence-electron chi connectivity index (χ3n) is 5.64. The number of pyridine rings is 1. The summed E-state index contributed by atoms with van der Waals surface area (Å²) in [5, 5.41) is 0. The van der Waals surface area contributed by atoms with Gasteiger partial charge in [0, 0.05) is 32.3 Å². The molecule has 0 saturated carbocycles. The second-order valence-corrected chi connectivity index (χ2v) is 8.17. The molecule has 7 nitrogen and oxygen atoms in total. The Morgan fingerprint density at radius 1 is 1.06 bits per heavy atom. The number of hydrogen-bond donors (Lipinski definition) is 0. The maximum Gasteiger partial charge on any atom is 0.358 e. The quantitative estimate of drug-likeness (QED) is 0.288. The first-order chi connectivity index (χ1) is 17.2. The highest BCUT2D eigenvalue weighted by molar-refractivity contribution is 5.98. The zero-order chi connectivity index (χ0) is 26.2. The van der Waals surface area contributed by atoms with Crippen molar-refractivity contribution in [1.82, 2.24) is 4.57 Å². The van der Waals surface area contributed by atoms with E-state index in [0.717, 1.165) is 17.7 Å². The van der Waals surface area contributed by atoms with Gasteiger partial charge in [0.05, 0.1) is 18.8 Å². The van der Waals surface area contributed by atoms with Gasteiger partial charge in [-0.1, -0.05) is 36.4 Å². The highest BCUT2D eigenvalue weighted by Crippen LogP contribution is 2.21. The van der Waals surface area contributed by atoms with E-state index < -0.39 is 28.8 Å². The van der Waals surface area contributed by atoms with Crippen molar-refractivity contribution in [3.63, 3.8) is 0 Å². The van der Waals surface area contributed by atoms with E-state index in [2.05, 4.69) is 0 Å². The van der Waals surface area contributed by atoms with Crippen molar-refractivity contribution in [3.8, 4) is 5.75 Å². The van der Waals surface area contributed by atoms with Crippen molar-refractivity contribution < 1.29 is 32.6 Å². The maximum atomic E-state index is 14.0. The van der Waals surface area contributed by atoms with Crippen LogP contribution in [0.2, 0.25) is 0 Å². The third-order valence-corrected chi connectivity index (χ3v) is 5.64. The van der Waals surface area contributed by atoms with E-state index in [4.69, 9.17) is 14.2 Å². The van der Waals surface area contributed by atoms with Crippen LogP contribution in [0.15, 0.2) is 59.5 Å². The molecule has 1 aromatic heterocycles. The van der Waals surface area contributed by atoms with Gasteiger partial charge in [0.25, 0.3) is 0 Å². The predicted molar refractivity (Wildman–Crippen MR) is 128 cm³/mol. The summed E-state index contributed by atoms with van der Waals surface area (Å²) in [5.41, 5.74) is -0.268. The second-order valence-electron chi connectivity index (χ2n) is 8.17. The van der Waals surface area contributed by atoms with E-state index in [9.17, 15) is 23.2 Å². The smallest absolute Gasteiger partial charge is 0.358 e. The van der Waals surface area contributed by atoms with Crippen molar-refractivity contribution in [1.29, 1.82) is 0 Å². The van der Waals surface area contributed by atoms with Crippen LogP contribution in [0.1, 0.15) is 45.3 Å². The van der Waals surface area contributed by atoms with Crippen LogP contribution in [0, 0.1) is 11.6 Å². The Morgan fingerprint density at radius 3 is 2.42 bits per heavy atom. The van der Waals surface area contributed by atoms with Gasteiger partial charge in [-0.25, -0.2) is 13.6 Å². The molecule has 0 saturated heterocycles. The Hall–Kier alpha value is -3.85. The van der Waals surface area contributed by atoms with Gasteiger partial charge in [0.1, 0.15) is 18.2 Å². The minimum absolute atomic E-state index is 0.0294. The van der Waals surface area contributed by atoms with E-state index in [-0.39, 0.29) is 54.7 Å². The molecule has 0 N–H and O–H groups in total. The lowest BCUT2D eigenvalue weighted by Gasteiger charge is -2.20. The second kappa shape index (κ2) is 12.2. The zero-order valence-electron chi connectivity index (χ0n) is 20.3. The number of carbonyl (C=O) groups is 2. The largest absolute Gasteiger partial charge is 0.482 e. The van der Waals surface area contributed by atoms with Crippen molar-refractivity contribution in [3.05, 3.63) is 99.0 Å². The van der Waals surface area contributed by atoms with E-state index >= 15 is 0 Å². The number of halogens is 2. The van der Waals surface area contributed by atoms with Gasteiger partial charge in [-0.3, -0.25) is 9.59 Å². The Labute approximate surface area is 207 Å². The normalized spacial score (nSPS) is 11.7. The molecule has 0 amide bonds. The Kier molecular flexibility index (Phi) is 9.08. The zero-order valence-corrected chi connectivity index (χ0v) is 20.3. The molecule has 0 radical (unpaired) electrons. The number of carbonyl (C=O) groups excluding carboxylic acids is 2. The van der Waals surface area contributed by atoms with Crippen molar-refractivity contribution >= 4 is 11.8 Å². The van der Waals surface area contributed by atoms with Gasteiger partial charge in [0.15, 0.2) is 17.2 Å². The molecule has 2 aromatic carbocycles. The number of hydrogen-bond acceptors (Lipinski definition) is 6. The van der Waals surface area contributed by atoms with Gasteiger partial charge in [-0.05, 0) is 30.5 Å². The Balaban J connectivity index is 2.03. The number of ether oxygens (including phenoxy) is 3. The Morgan fingerprint density at radius 2 is 1.78 bits per heavy atom. The van der Waals surface area contributed by atoms with Gasteiger partial charge in [-0.15, -0.1) is 0 Å². The molecule has 0 bridgehead atoms. The van der Waals surface area contributed by atoms with Crippen LogP contribution < -0.4 is 10.2 Å². The fourth-order valence-electron chi connectivity index (χ4n) is 3.61. The number of aromatic nitrogens is 1.